The van der Waals surface area contributed by atoms with Gasteiger partial charge in [-0.1, -0.05) is 60.7 Å². The number of Topliss-reactive ketones (excluding diaryl/α,β-unsaturated/α-hetero) is 1. The predicted octanol–water partition coefficient (Wildman–Crippen LogP) is 2.81. The van der Waals surface area contributed by atoms with Crippen molar-refractivity contribution in [3.63, 3.8) is 0 Å². The molecule has 0 aromatic heterocycles. The number of carbonyl (C=O) groups is 1. The molecule has 1 fully saturated rings. The largest absolute Gasteiger partial charge is 0.379 e. The lowest BCUT2D eigenvalue weighted by atomic mass is 9.96. The van der Waals surface area contributed by atoms with Gasteiger partial charge in [0.05, 0.1) is 19.3 Å². The SMILES string of the molecule is O=C(c1ccccc1)[C@@H](Cc1ccccc1)N1CCOCC1. The summed E-state index contributed by atoms with van der Waals surface area (Å²) in [5, 5.41) is 0. The molecular weight excluding hydrogens is 274 g/mol. The van der Waals surface area contributed by atoms with Gasteiger partial charge in [-0.15, -0.1) is 0 Å². The van der Waals surface area contributed by atoms with Crippen LogP contribution in [0.15, 0.2) is 60.7 Å². The Morgan fingerprint density at radius 2 is 1.55 bits per heavy atom. The van der Waals surface area contributed by atoms with Crippen molar-refractivity contribution >= 4 is 5.78 Å². The lowest BCUT2D eigenvalue weighted by molar-refractivity contribution is 0.0177. The number of benzene rings is 2. The van der Waals surface area contributed by atoms with E-state index in [4.69, 9.17) is 4.74 Å². The second-order valence-corrected chi connectivity index (χ2v) is 5.58. The third-order valence-corrected chi connectivity index (χ3v) is 4.12. The second-order valence-electron chi connectivity index (χ2n) is 5.58. The van der Waals surface area contributed by atoms with Crippen LogP contribution in [0, 0.1) is 0 Å². The quantitative estimate of drug-likeness (QED) is 0.794. The van der Waals surface area contributed by atoms with Crippen LogP contribution in [0.4, 0.5) is 0 Å². The molecule has 3 nitrogen and oxygen atoms in total. The zero-order chi connectivity index (χ0) is 15.2. The van der Waals surface area contributed by atoms with Crippen molar-refractivity contribution in [1.82, 2.24) is 4.90 Å². The maximum Gasteiger partial charge on any atom is 0.180 e. The monoisotopic (exact) mass is 295 g/mol. The van der Waals surface area contributed by atoms with E-state index in [2.05, 4.69) is 17.0 Å². The first kappa shape index (κ1) is 14.9. The third-order valence-electron chi connectivity index (χ3n) is 4.12. The lowest BCUT2D eigenvalue weighted by Crippen LogP contribution is -2.48. The van der Waals surface area contributed by atoms with E-state index in [1.165, 1.54) is 5.56 Å². The molecule has 0 spiro atoms. The summed E-state index contributed by atoms with van der Waals surface area (Å²) < 4.78 is 5.43. The maximum atomic E-state index is 13.0. The van der Waals surface area contributed by atoms with Crippen LogP contribution in [0.5, 0.6) is 0 Å². The van der Waals surface area contributed by atoms with Crippen molar-refractivity contribution in [3.05, 3.63) is 71.8 Å². The van der Waals surface area contributed by atoms with Crippen molar-refractivity contribution in [2.24, 2.45) is 0 Å². The molecule has 0 unspecified atom stereocenters. The van der Waals surface area contributed by atoms with E-state index in [0.717, 1.165) is 25.1 Å². The summed E-state index contributed by atoms with van der Waals surface area (Å²) >= 11 is 0. The van der Waals surface area contributed by atoms with Gasteiger partial charge in [0.25, 0.3) is 0 Å². The molecule has 2 aromatic rings. The number of ketones is 1. The molecule has 114 valence electrons. The molecule has 0 saturated carbocycles. The average molecular weight is 295 g/mol. The van der Waals surface area contributed by atoms with Gasteiger partial charge in [0.2, 0.25) is 0 Å². The fraction of sp³-hybridized carbons (Fsp3) is 0.316. The molecule has 0 aliphatic carbocycles. The Morgan fingerprint density at radius 1 is 0.955 bits per heavy atom. The molecule has 3 rings (SSSR count). The number of hydrogen-bond acceptors (Lipinski definition) is 3. The lowest BCUT2D eigenvalue weighted by Gasteiger charge is -2.33. The number of ether oxygens (including phenoxy) is 1. The van der Waals surface area contributed by atoms with Gasteiger partial charge >= 0.3 is 0 Å². The predicted molar refractivity (Wildman–Crippen MR) is 87.1 cm³/mol. The third kappa shape index (κ3) is 3.62. The van der Waals surface area contributed by atoms with Gasteiger partial charge in [-0.25, -0.2) is 0 Å². The first-order chi connectivity index (χ1) is 10.8. The average Bonchev–Trinajstić information content (AvgIpc) is 2.61. The van der Waals surface area contributed by atoms with Crippen molar-refractivity contribution < 1.29 is 9.53 Å². The summed E-state index contributed by atoms with van der Waals surface area (Å²) in [6, 6.07) is 19.7. The van der Waals surface area contributed by atoms with E-state index in [-0.39, 0.29) is 11.8 Å². The van der Waals surface area contributed by atoms with Crippen LogP contribution in [0.3, 0.4) is 0 Å². The van der Waals surface area contributed by atoms with Gasteiger partial charge < -0.3 is 4.74 Å². The number of nitrogens with zero attached hydrogens (tertiary/aromatic N) is 1. The summed E-state index contributed by atoms with van der Waals surface area (Å²) in [6.07, 6.45) is 0.745. The summed E-state index contributed by atoms with van der Waals surface area (Å²) in [5.74, 6) is 0.200. The normalized spacial score (nSPS) is 17.1. The Labute approximate surface area is 131 Å². The molecule has 1 atom stereocenters. The Morgan fingerprint density at radius 3 is 2.18 bits per heavy atom. The highest BCUT2D eigenvalue weighted by atomic mass is 16.5. The minimum absolute atomic E-state index is 0.117. The smallest absolute Gasteiger partial charge is 0.180 e. The van der Waals surface area contributed by atoms with Gasteiger partial charge in [0.15, 0.2) is 5.78 Å². The standard InChI is InChI=1S/C19H21NO2/c21-19(17-9-5-2-6-10-17)18(20-11-13-22-14-12-20)15-16-7-3-1-4-8-16/h1-10,18H,11-15H2/t18-/m1/s1. The fourth-order valence-electron chi connectivity index (χ4n) is 2.91. The van der Waals surface area contributed by atoms with Crippen molar-refractivity contribution in [2.45, 2.75) is 12.5 Å². The summed E-state index contributed by atoms with van der Waals surface area (Å²) in [7, 11) is 0. The zero-order valence-electron chi connectivity index (χ0n) is 12.7. The van der Waals surface area contributed by atoms with Crippen LogP contribution in [-0.4, -0.2) is 43.0 Å². The fourth-order valence-corrected chi connectivity index (χ4v) is 2.91. The van der Waals surface area contributed by atoms with Gasteiger partial charge in [-0.05, 0) is 12.0 Å². The number of rotatable bonds is 5. The zero-order valence-corrected chi connectivity index (χ0v) is 12.7. The van der Waals surface area contributed by atoms with Crippen molar-refractivity contribution in [1.29, 1.82) is 0 Å². The van der Waals surface area contributed by atoms with E-state index in [1.54, 1.807) is 0 Å². The van der Waals surface area contributed by atoms with Gasteiger partial charge in [0.1, 0.15) is 0 Å². The van der Waals surface area contributed by atoms with Crippen LogP contribution >= 0.6 is 0 Å². The summed E-state index contributed by atoms with van der Waals surface area (Å²) in [4.78, 5) is 15.2. The van der Waals surface area contributed by atoms with Crippen molar-refractivity contribution in [2.75, 3.05) is 26.3 Å². The molecule has 3 heteroatoms. The highest BCUT2D eigenvalue weighted by Crippen LogP contribution is 2.16. The second kappa shape index (κ2) is 7.34. The van der Waals surface area contributed by atoms with E-state index >= 15 is 0 Å². The summed E-state index contributed by atoms with van der Waals surface area (Å²) in [5.41, 5.74) is 1.98. The molecule has 0 N–H and O–H groups in total. The summed E-state index contributed by atoms with van der Waals surface area (Å²) in [6.45, 7) is 3.03. The van der Waals surface area contributed by atoms with E-state index in [9.17, 15) is 4.79 Å². The molecule has 1 aliphatic rings. The number of hydrogen-bond donors (Lipinski definition) is 0. The minimum Gasteiger partial charge on any atom is -0.379 e. The highest BCUT2D eigenvalue weighted by molar-refractivity contribution is 6.00. The highest BCUT2D eigenvalue weighted by Gasteiger charge is 2.28. The van der Waals surface area contributed by atoms with Crippen LogP contribution in [0.2, 0.25) is 0 Å². The molecule has 0 amide bonds. The van der Waals surface area contributed by atoms with Crippen LogP contribution in [0.25, 0.3) is 0 Å². The molecule has 0 radical (unpaired) electrons. The maximum absolute atomic E-state index is 13.0. The number of morpholine rings is 1. The van der Waals surface area contributed by atoms with Gasteiger partial charge in [0, 0.05) is 18.7 Å². The molecule has 1 heterocycles. The van der Waals surface area contributed by atoms with Crippen LogP contribution in [0.1, 0.15) is 15.9 Å². The van der Waals surface area contributed by atoms with Crippen molar-refractivity contribution in [3.8, 4) is 0 Å². The Bertz CT molecular complexity index is 591. The first-order valence-electron chi connectivity index (χ1n) is 7.79. The molecule has 1 saturated heterocycles. The Kier molecular flexibility index (Phi) is 4.99. The van der Waals surface area contributed by atoms with Crippen LogP contribution < -0.4 is 0 Å². The number of carbonyl (C=O) groups excluding carboxylic acids is 1. The van der Waals surface area contributed by atoms with E-state index in [0.29, 0.717) is 13.2 Å². The molecule has 1 aliphatic heterocycles. The van der Waals surface area contributed by atoms with Crippen LogP contribution in [-0.2, 0) is 11.2 Å². The topological polar surface area (TPSA) is 29.5 Å². The minimum atomic E-state index is -0.117. The molecule has 22 heavy (non-hydrogen) atoms. The van der Waals surface area contributed by atoms with E-state index in [1.807, 2.05) is 48.5 Å². The molecule has 0 bridgehead atoms. The molecular formula is C19H21NO2. The molecule has 2 aromatic carbocycles. The van der Waals surface area contributed by atoms with E-state index < -0.39 is 0 Å². The Hall–Kier alpha value is -1.97. The Balaban J connectivity index is 1.83. The van der Waals surface area contributed by atoms with Gasteiger partial charge in [-0.3, -0.25) is 9.69 Å². The van der Waals surface area contributed by atoms with Gasteiger partial charge in [-0.2, -0.15) is 0 Å². The first-order valence-corrected chi connectivity index (χ1v) is 7.79.